The van der Waals surface area contributed by atoms with Crippen LogP contribution in [0.1, 0.15) is 119 Å². The fraction of sp³-hybridized carbons (Fsp3) is 0.933. The van der Waals surface area contributed by atoms with Gasteiger partial charge in [-0.1, -0.05) is 48.5 Å². The molecule has 0 heterocycles. The Morgan fingerprint density at radius 3 is 1.75 bits per heavy atom. The lowest BCUT2D eigenvalue weighted by atomic mass is 9.42. The van der Waals surface area contributed by atoms with Crippen molar-refractivity contribution in [3.05, 3.63) is 0 Å². The van der Waals surface area contributed by atoms with Crippen LogP contribution in [0, 0.1) is 56.7 Å². The summed E-state index contributed by atoms with van der Waals surface area (Å²) in [6, 6.07) is 0. The van der Waals surface area contributed by atoms with Gasteiger partial charge in [-0.3, -0.25) is 9.59 Å². The minimum atomic E-state index is -0.155. The molecule has 5 saturated carbocycles. The molecule has 180 valence electrons. The third kappa shape index (κ3) is 2.89. The first-order chi connectivity index (χ1) is 14.8. The van der Waals surface area contributed by atoms with Gasteiger partial charge in [0.05, 0.1) is 0 Å². The summed E-state index contributed by atoms with van der Waals surface area (Å²) >= 11 is 0. The van der Waals surface area contributed by atoms with Gasteiger partial charge in [-0.15, -0.1) is 0 Å². The van der Waals surface area contributed by atoms with Crippen LogP contribution < -0.4 is 0 Å². The predicted octanol–water partition coefficient (Wildman–Crippen LogP) is 7.64. The quantitative estimate of drug-likeness (QED) is 0.388. The van der Waals surface area contributed by atoms with Gasteiger partial charge in [0.25, 0.3) is 0 Å². The lowest BCUT2D eigenvalue weighted by molar-refractivity contribution is -0.161. The van der Waals surface area contributed by atoms with Crippen LogP contribution in [0.15, 0.2) is 0 Å². The zero-order valence-corrected chi connectivity index (χ0v) is 22.0. The zero-order chi connectivity index (χ0) is 23.3. The van der Waals surface area contributed by atoms with Crippen molar-refractivity contribution in [2.45, 2.75) is 119 Å². The number of ketones is 2. The number of fused-ring (bicyclic) bond motifs is 6. The fourth-order valence-corrected chi connectivity index (χ4v) is 11.3. The molecule has 0 amide bonds. The predicted molar refractivity (Wildman–Crippen MR) is 130 cm³/mol. The van der Waals surface area contributed by atoms with Crippen LogP contribution in [0.5, 0.6) is 0 Å². The average Bonchev–Trinajstić information content (AvgIpc) is 2.86. The Kier molecular flexibility index (Phi) is 5.01. The number of hydrogen-bond donors (Lipinski definition) is 0. The second-order valence-electron chi connectivity index (χ2n) is 14.9. The van der Waals surface area contributed by atoms with E-state index in [2.05, 4.69) is 48.5 Å². The molecule has 5 aliphatic rings. The molecule has 0 aromatic rings. The van der Waals surface area contributed by atoms with Crippen LogP contribution in [0.2, 0.25) is 0 Å². The van der Waals surface area contributed by atoms with Crippen molar-refractivity contribution in [2.24, 2.45) is 56.7 Å². The summed E-state index contributed by atoms with van der Waals surface area (Å²) in [5.74, 6) is 4.47. The van der Waals surface area contributed by atoms with Gasteiger partial charge in [-0.05, 0) is 104 Å². The number of hydrogen-bond acceptors (Lipinski definition) is 2. The van der Waals surface area contributed by atoms with Gasteiger partial charge in [-0.2, -0.15) is 0 Å². The average molecular weight is 441 g/mol. The normalized spacial score (nSPS) is 52.2. The molecule has 0 aromatic carbocycles. The first-order valence-electron chi connectivity index (χ1n) is 13.8. The molecule has 0 aliphatic heterocycles. The van der Waals surface area contributed by atoms with E-state index in [0.717, 1.165) is 43.4 Å². The molecule has 2 heteroatoms. The molecule has 0 bridgehead atoms. The number of carbonyl (C=O) groups is 2. The van der Waals surface area contributed by atoms with E-state index < -0.39 is 0 Å². The van der Waals surface area contributed by atoms with E-state index in [-0.39, 0.29) is 10.8 Å². The lowest BCUT2D eigenvalue weighted by Crippen LogP contribution is -2.57. The van der Waals surface area contributed by atoms with Gasteiger partial charge in [0.1, 0.15) is 11.6 Å². The summed E-state index contributed by atoms with van der Waals surface area (Å²) in [5.41, 5.74) is 0.751. The molecule has 5 rings (SSSR count). The Morgan fingerprint density at radius 2 is 1.12 bits per heavy atom. The number of rotatable bonds is 0. The van der Waals surface area contributed by atoms with E-state index >= 15 is 0 Å². The van der Waals surface area contributed by atoms with Gasteiger partial charge in [0.15, 0.2) is 0 Å². The van der Waals surface area contributed by atoms with Crippen molar-refractivity contribution in [1.29, 1.82) is 0 Å². The minimum absolute atomic E-state index is 0.147. The maximum atomic E-state index is 12.9. The first-order valence-corrected chi connectivity index (χ1v) is 13.8. The van der Waals surface area contributed by atoms with Crippen molar-refractivity contribution in [1.82, 2.24) is 0 Å². The Labute approximate surface area is 197 Å². The van der Waals surface area contributed by atoms with Gasteiger partial charge in [0.2, 0.25) is 0 Å². The van der Waals surface area contributed by atoms with Crippen LogP contribution in [0.4, 0.5) is 0 Å². The van der Waals surface area contributed by atoms with Crippen molar-refractivity contribution in [3.8, 4) is 0 Å². The number of carbonyl (C=O) groups excluding carboxylic acids is 2. The van der Waals surface area contributed by atoms with Crippen LogP contribution >= 0.6 is 0 Å². The molecule has 0 aromatic heterocycles. The maximum Gasteiger partial charge on any atom is 0.138 e. The molecule has 0 spiro atoms. The van der Waals surface area contributed by atoms with Crippen molar-refractivity contribution in [2.75, 3.05) is 0 Å². The first kappa shape index (κ1) is 23.1. The monoisotopic (exact) mass is 440 g/mol. The van der Waals surface area contributed by atoms with Crippen molar-refractivity contribution < 1.29 is 9.59 Å². The minimum Gasteiger partial charge on any atom is -0.299 e. The van der Waals surface area contributed by atoms with Crippen LogP contribution in [0.25, 0.3) is 0 Å². The maximum absolute atomic E-state index is 12.9. The summed E-state index contributed by atoms with van der Waals surface area (Å²) in [7, 11) is 0. The Hall–Kier alpha value is -0.660. The molecule has 0 unspecified atom stereocenters. The highest BCUT2D eigenvalue weighted by molar-refractivity contribution is 5.86. The summed E-state index contributed by atoms with van der Waals surface area (Å²) < 4.78 is 0. The fourth-order valence-electron chi connectivity index (χ4n) is 11.3. The molecular formula is C30H48O2. The number of Topliss-reactive ketones (excluding diaryl/α,β-unsaturated/α-hetero) is 2. The van der Waals surface area contributed by atoms with E-state index in [9.17, 15) is 9.59 Å². The molecule has 0 radical (unpaired) electrons. The van der Waals surface area contributed by atoms with E-state index in [0.29, 0.717) is 39.6 Å². The van der Waals surface area contributed by atoms with Crippen LogP contribution in [-0.4, -0.2) is 11.6 Å². The molecule has 5 aliphatic carbocycles. The molecule has 2 nitrogen and oxygen atoms in total. The van der Waals surface area contributed by atoms with Crippen molar-refractivity contribution >= 4 is 11.6 Å². The van der Waals surface area contributed by atoms with Gasteiger partial charge in [-0.25, -0.2) is 0 Å². The summed E-state index contributed by atoms with van der Waals surface area (Å²) in [4.78, 5) is 25.7. The van der Waals surface area contributed by atoms with Gasteiger partial charge in [0, 0.05) is 23.7 Å². The Morgan fingerprint density at radius 1 is 0.594 bits per heavy atom. The second kappa shape index (κ2) is 6.94. The third-order valence-electron chi connectivity index (χ3n) is 12.9. The zero-order valence-electron chi connectivity index (χ0n) is 22.0. The SMILES string of the molecule is CC1(C)C(=O)CC[C@@]2(C)[C@H]1CC[C@@]1(C)C[C@H]3CC[C@H]4C(C)(C)C(=O)CC[C@]4(C)[C@H]3CC[C@@H]12. The summed E-state index contributed by atoms with van der Waals surface area (Å²) in [6.07, 6.45) is 13.0. The third-order valence-corrected chi connectivity index (χ3v) is 12.9. The molecule has 0 N–H and O–H groups in total. The van der Waals surface area contributed by atoms with E-state index in [1.807, 2.05) is 0 Å². The second-order valence-corrected chi connectivity index (χ2v) is 14.9. The molecule has 5 fully saturated rings. The van der Waals surface area contributed by atoms with E-state index in [4.69, 9.17) is 0 Å². The van der Waals surface area contributed by atoms with Crippen molar-refractivity contribution in [3.63, 3.8) is 0 Å². The highest BCUT2D eigenvalue weighted by Gasteiger charge is 2.64. The highest BCUT2D eigenvalue weighted by atomic mass is 16.1. The molecular weight excluding hydrogens is 392 g/mol. The standard InChI is InChI=1S/C30H48O2/c1-26(2)21-10-8-19-18-28(5)15-12-22-27(3,4)25(32)14-17-30(22,7)23(28)11-9-20(19)29(21,6)16-13-24(26)31/h19-23H,8-18H2,1-7H3/t19-,20+,21+,22+,23+,28+,29-,30+/m1/s1. The summed E-state index contributed by atoms with van der Waals surface area (Å²) in [6.45, 7) is 16.8. The van der Waals surface area contributed by atoms with Crippen LogP contribution in [-0.2, 0) is 9.59 Å². The Balaban J connectivity index is 1.49. The van der Waals surface area contributed by atoms with E-state index in [1.165, 1.54) is 44.9 Å². The van der Waals surface area contributed by atoms with E-state index in [1.54, 1.807) is 0 Å². The molecule has 32 heavy (non-hydrogen) atoms. The topological polar surface area (TPSA) is 34.1 Å². The van der Waals surface area contributed by atoms with Gasteiger partial charge < -0.3 is 0 Å². The largest absolute Gasteiger partial charge is 0.299 e. The highest BCUT2D eigenvalue weighted by Crippen LogP contribution is 2.70. The smallest absolute Gasteiger partial charge is 0.138 e. The van der Waals surface area contributed by atoms with Gasteiger partial charge >= 0.3 is 0 Å². The lowest BCUT2D eigenvalue weighted by Gasteiger charge is -2.62. The van der Waals surface area contributed by atoms with Crippen LogP contribution in [0.3, 0.4) is 0 Å². The summed E-state index contributed by atoms with van der Waals surface area (Å²) in [5, 5.41) is 0. The molecule has 0 saturated heterocycles. The Bertz CT molecular complexity index is 823. The molecule has 8 atom stereocenters.